The van der Waals surface area contributed by atoms with E-state index in [0.29, 0.717) is 5.56 Å². The first-order chi connectivity index (χ1) is 11.9. The highest BCUT2D eigenvalue weighted by molar-refractivity contribution is 5.93. The van der Waals surface area contributed by atoms with Crippen molar-refractivity contribution in [3.8, 4) is 0 Å². The fourth-order valence-electron chi connectivity index (χ4n) is 3.59. The van der Waals surface area contributed by atoms with E-state index in [9.17, 15) is 14.7 Å². The maximum absolute atomic E-state index is 13.0. The van der Waals surface area contributed by atoms with Crippen molar-refractivity contribution < 1.29 is 19.4 Å². The summed E-state index contributed by atoms with van der Waals surface area (Å²) in [7, 11) is 0. The quantitative estimate of drug-likeness (QED) is 0.758. The van der Waals surface area contributed by atoms with Crippen LogP contribution in [0.25, 0.3) is 0 Å². The van der Waals surface area contributed by atoms with Crippen molar-refractivity contribution in [1.82, 2.24) is 0 Å². The zero-order valence-electron chi connectivity index (χ0n) is 15.5. The monoisotopic (exact) mass is 346 g/mol. The highest BCUT2D eigenvalue weighted by Gasteiger charge is 2.38. The van der Waals surface area contributed by atoms with Gasteiger partial charge in [0.15, 0.2) is 11.9 Å². The van der Waals surface area contributed by atoms with Crippen LogP contribution < -0.4 is 0 Å². The Bertz CT molecular complexity index is 561. The molecule has 1 aliphatic rings. The molecule has 0 heterocycles. The molecule has 1 aromatic rings. The van der Waals surface area contributed by atoms with Crippen LogP contribution in [0.5, 0.6) is 0 Å². The van der Waals surface area contributed by atoms with Crippen LogP contribution in [0.2, 0.25) is 0 Å². The maximum Gasteiger partial charge on any atom is 0.338 e. The molecule has 1 fully saturated rings. The lowest BCUT2D eigenvalue weighted by Crippen LogP contribution is -2.43. The molecule has 0 bridgehead atoms. The summed E-state index contributed by atoms with van der Waals surface area (Å²) in [5, 5.41) is 10.3. The van der Waals surface area contributed by atoms with Crippen LogP contribution in [0.1, 0.15) is 63.2 Å². The smallest absolute Gasteiger partial charge is 0.338 e. The van der Waals surface area contributed by atoms with E-state index in [0.717, 1.165) is 32.1 Å². The van der Waals surface area contributed by atoms with E-state index in [1.807, 2.05) is 19.9 Å². The van der Waals surface area contributed by atoms with Crippen LogP contribution in [0, 0.1) is 17.8 Å². The van der Waals surface area contributed by atoms with Gasteiger partial charge in [-0.25, -0.2) is 4.79 Å². The first-order valence-corrected chi connectivity index (χ1v) is 9.39. The highest BCUT2D eigenvalue weighted by atomic mass is 16.5. The lowest BCUT2D eigenvalue weighted by molar-refractivity contribution is -0.139. The van der Waals surface area contributed by atoms with E-state index in [2.05, 4.69) is 0 Å². The van der Waals surface area contributed by atoms with Crippen molar-refractivity contribution in [2.75, 3.05) is 0 Å². The number of benzene rings is 1. The van der Waals surface area contributed by atoms with Crippen molar-refractivity contribution in [3.05, 3.63) is 35.9 Å². The molecule has 0 aliphatic heterocycles. The summed E-state index contributed by atoms with van der Waals surface area (Å²) in [4.78, 5) is 25.5. The summed E-state index contributed by atoms with van der Waals surface area (Å²) in [5.41, 5.74) is 0.452. The summed E-state index contributed by atoms with van der Waals surface area (Å²) < 4.78 is 5.69. The minimum Gasteiger partial charge on any atom is -0.450 e. The Labute approximate surface area is 150 Å². The van der Waals surface area contributed by atoms with Crippen LogP contribution in [0.3, 0.4) is 0 Å². The van der Waals surface area contributed by atoms with Gasteiger partial charge in [0.1, 0.15) is 0 Å². The zero-order chi connectivity index (χ0) is 18.4. The van der Waals surface area contributed by atoms with Gasteiger partial charge < -0.3 is 9.84 Å². The highest BCUT2D eigenvalue weighted by Crippen LogP contribution is 2.31. The second kappa shape index (κ2) is 9.14. The van der Waals surface area contributed by atoms with Crippen molar-refractivity contribution >= 4 is 11.8 Å². The first-order valence-electron chi connectivity index (χ1n) is 9.39. The van der Waals surface area contributed by atoms with Crippen molar-refractivity contribution in [1.29, 1.82) is 0 Å². The van der Waals surface area contributed by atoms with E-state index >= 15 is 0 Å². The minimum absolute atomic E-state index is 0.0178. The maximum atomic E-state index is 13.0. The number of hydrogen-bond donors (Lipinski definition) is 1. The number of carbonyl (C=O) groups excluding carboxylic acids is 2. The molecule has 0 aromatic heterocycles. The van der Waals surface area contributed by atoms with Gasteiger partial charge in [0.25, 0.3) is 0 Å². The molecule has 1 aliphatic carbocycles. The minimum atomic E-state index is -0.767. The molecule has 2 rings (SSSR count). The third-order valence-electron chi connectivity index (χ3n) is 5.25. The molecule has 4 heteroatoms. The van der Waals surface area contributed by atoms with E-state index in [1.54, 1.807) is 31.2 Å². The van der Waals surface area contributed by atoms with Gasteiger partial charge in [0, 0.05) is 11.8 Å². The predicted molar refractivity (Wildman–Crippen MR) is 97.2 cm³/mol. The summed E-state index contributed by atoms with van der Waals surface area (Å²) >= 11 is 0. The largest absolute Gasteiger partial charge is 0.450 e. The third kappa shape index (κ3) is 5.15. The Kier molecular flexibility index (Phi) is 7.18. The second-order valence-corrected chi connectivity index (χ2v) is 7.52. The van der Waals surface area contributed by atoms with E-state index in [4.69, 9.17) is 4.74 Å². The molecular weight excluding hydrogens is 316 g/mol. The molecule has 0 unspecified atom stereocenters. The standard InChI is InChI=1S/C21H30O4/c1-14(2)18(22)15(3)19(23)20(16-10-6-4-7-11-16)25-21(24)17-12-8-5-9-13-17/h5,8-9,12-16,18,20,22H,4,6-7,10-11H2,1-3H3/t15-,18+,20-/m0/s1. The van der Waals surface area contributed by atoms with Gasteiger partial charge in [-0.3, -0.25) is 4.79 Å². The predicted octanol–water partition coefficient (Wildman–Crippen LogP) is 4.01. The number of carbonyl (C=O) groups is 2. The van der Waals surface area contributed by atoms with Gasteiger partial charge in [0.2, 0.25) is 0 Å². The summed E-state index contributed by atoms with van der Waals surface area (Å²) in [5.74, 6) is -1.13. The third-order valence-corrected chi connectivity index (χ3v) is 5.25. The van der Waals surface area contributed by atoms with Crippen molar-refractivity contribution in [2.45, 2.75) is 65.1 Å². The van der Waals surface area contributed by atoms with Crippen LogP contribution in [0.4, 0.5) is 0 Å². The molecule has 1 aromatic carbocycles. The van der Waals surface area contributed by atoms with Gasteiger partial charge in [-0.1, -0.05) is 58.2 Å². The molecule has 25 heavy (non-hydrogen) atoms. The van der Waals surface area contributed by atoms with E-state index < -0.39 is 24.1 Å². The van der Waals surface area contributed by atoms with Crippen LogP contribution >= 0.6 is 0 Å². The lowest BCUT2D eigenvalue weighted by Gasteiger charge is -2.32. The Morgan fingerprint density at radius 1 is 1.04 bits per heavy atom. The summed E-state index contributed by atoms with van der Waals surface area (Å²) in [6.07, 6.45) is 3.56. The van der Waals surface area contributed by atoms with E-state index in [-0.39, 0.29) is 17.6 Å². The Morgan fingerprint density at radius 3 is 2.20 bits per heavy atom. The van der Waals surface area contributed by atoms with E-state index in [1.165, 1.54) is 0 Å². The number of rotatable bonds is 7. The topological polar surface area (TPSA) is 63.6 Å². The fraction of sp³-hybridized carbons (Fsp3) is 0.619. The number of aliphatic hydroxyl groups excluding tert-OH is 1. The van der Waals surface area contributed by atoms with Gasteiger partial charge >= 0.3 is 5.97 Å². The molecule has 138 valence electrons. The fourth-order valence-corrected chi connectivity index (χ4v) is 3.59. The lowest BCUT2D eigenvalue weighted by atomic mass is 9.79. The summed E-state index contributed by atoms with van der Waals surface area (Å²) in [6, 6.07) is 8.77. The van der Waals surface area contributed by atoms with Gasteiger partial charge in [-0.2, -0.15) is 0 Å². The number of esters is 1. The van der Waals surface area contributed by atoms with Crippen molar-refractivity contribution in [3.63, 3.8) is 0 Å². The molecule has 4 nitrogen and oxygen atoms in total. The average Bonchev–Trinajstić information content (AvgIpc) is 2.65. The van der Waals surface area contributed by atoms with Crippen LogP contribution in [-0.2, 0) is 9.53 Å². The molecule has 0 radical (unpaired) electrons. The molecule has 1 N–H and O–H groups in total. The second-order valence-electron chi connectivity index (χ2n) is 7.52. The van der Waals surface area contributed by atoms with Gasteiger partial charge in [-0.05, 0) is 30.9 Å². The average molecular weight is 346 g/mol. The molecule has 0 spiro atoms. The normalized spacial score (nSPS) is 19.2. The van der Waals surface area contributed by atoms with Gasteiger partial charge in [0.05, 0.1) is 11.7 Å². The molecule has 0 amide bonds. The number of ether oxygens (including phenoxy) is 1. The van der Waals surface area contributed by atoms with Crippen LogP contribution in [0.15, 0.2) is 30.3 Å². The number of hydrogen-bond acceptors (Lipinski definition) is 4. The van der Waals surface area contributed by atoms with Crippen LogP contribution in [-0.4, -0.2) is 29.1 Å². The molecular formula is C21H30O4. The Hall–Kier alpha value is -1.68. The van der Waals surface area contributed by atoms with Crippen molar-refractivity contribution in [2.24, 2.45) is 17.8 Å². The number of ketones is 1. The Morgan fingerprint density at radius 2 is 1.64 bits per heavy atom. The first kappa shape index (κ1) is 19.6. The molecule has 3 atom stereocenters. The number of Topliss-reactive ketones (excluding diaryl/α,β-unsaturated/α-hetero) is 1. The Balaban J connectivity index is 2.17. The summed E-state index contributed by atoms with van der Waals surface area (Å²) in [6.45, 7) is 5.51. The van der Waals surface area contributed by atoms with Gasteiger partial charge in [-0.15, -0.1) is 0 Å². The molecule has 1 saturated carbocycles. The zero-order valence-corrected chi connectivity index (χ0v) is 15.5. The SMILES string of the molecule is CC(C)[C@@H](O)[C@H](C)C(=O)[C@@H](OC(=O)c1ccccc1)C1CCCCC1. The number of aliphatic hydroxyl groups is 1. The molecule has 0 saturated heterocycles.